The molecule has 5 heteroatoms. The highest BCUT2D eigenvalue weighted by atomic mass is 32.2. The predicted molar refractivity (Wildman–Crippen MR) is 61.1 cm³/mol. The van der Waals surface area contributed by atoms with Gasteiger partial charge in [0.2, 0.25) is 0 Å². The second-order valence-corrected chi connectivity index (χ2v) is 4.87. The van der Waals surface area contributed by atoms with Gasteiger partial charge >= 0.3 is 5.97 Å². The van der Waals surface area contributed by atoms with Gasteiger partial charge in [0.05, 0.1) is 13.2 Å². The molecule has 15 heavy (non-hydrogen) atoms. The molecular weight excluding hydrogens is 214 g/mol. The number of ether oxygens (including phenoxy) is 2. The number of hydrogen-bond acceptors (Lipinski definition) is 5. The Balaban J connectivity index is 2.30. The molecule has 1 aliphatic rings. The van der Waals surface area contributed by atoms with E-state index in [0.29, 0.717) is 11.4 Å². The van der Waals surface area contributed by atoms with Crippen LogP contribution in [0.4, 0.5) is 0 Å². The summed E-state index contributed by atoms with van der Waals surface area (Å²) in [5.41, 5.74) is 0. The lowest BCUT2D eigenvalue weighted by molar-refractivity contribution is -0.142. The average Bonchev–Trinajstić information content (AvgIpc) is 2.65. The van der Waals surface area contributed by atoms with Crippen molar-refractivity contribution in [2.45, 2.75) is 30.7 Å². The lowest BCUT2D eigenvalue weighted by Gasteiger charge is -2.17. The van der Waals surface area contributed by atoms with Gasteiger partial charge in [0.1, 0.15) is 6.04 Å². The van der Waals surface area contributed by atoms with Crippen LogP contribution in [-0.2, 0) is 14.3 Å². The Morgan fingerprint density at radius 2 is 2.47 bits per heavy atom. The van der Waals surface area contributed by atoms with E-state index in [4.69, 9.17) is 9.47 Å². The molecule has 1 heterocycles. The first-order chi connectivity index (χ1) is 7.19. The van der Waals surface area contributed by atoms with Gasteiger partial charge in [0.15, 0.2) is 0 Å². The highest BCUT2D eigenvalue weighted by molar-refractivity contribution is 8.00. The molecule has 1 N–H and O–H groups in total. The van der Waals surface area contributed by atoms with Crippen molar-refractivity contribution in [3.8, 4) is 0 Å². The zero-order valence-corrected chi connectivity index (χ0v) is 10.3. The predicted octanol–water partition coefficient (Wildman–Crippen LogP) is 0.658. The van der Waals surface area contributed by atoms with E-state index in [0.717, 1.165) is 18.8 Å². The van der Waals surface area contributed by atoms with E-state index in [1.165, 1.54) is 7.11 Å². The minimum Gasteiger partial charge on any atom is -0.468 e. The summed E-state index contributed by atoms with van der Waals surface area (Å²) in [7, 11) is 3.19. The van der Waals surface area contributed by atoms with Crippen molar-refractivity contribution in [3.05, 3.63) is 0 Å². The second-order valence-electron chi connectivity index (χ2n) is 3.60. The molecule has 0 aromatic rings. The molecule has 4 nitrogen and oxygen atoms in total. The van der Waals surface area contributed by atoms with Crippen LogP contribution >= 0.6 is 11.8 Å². The fourth-order valence-corrected chi connectivity index (χ4v) is 2.92. The SMILES string of the molecule is CNC(CSC1CCOC1C)C(=O)OC. The third-order valence-electron chi connectivity index (χ3n) is 2.62. The van der Waals surface area contributed by atoms with Crippen LogP contribution < -0.4 is 5.32 Å². The van der Waals surface area contributed by atoms with Gasteiger partial charge in [0.25, 0.3) is 0 Å². The number of methoxy groups -OCH3 is 1. The van der Waals surface area contributed by atoms with E-state index in [2.05, 4.69) is 12.2 Å². The fourth-order valence-electron chi connectivity index (χ4n) is 1.56. The Morgan fingerprint density at radius 1 is 1.73 bits per heavy atom. The maximum atomic E-state index is 11.3. The number of carbonyl (C=O) groups excluding carboxylic acids is 1. The second kappa shape index (κ2) is 6.35. The average molecular weight is 233 g/mol. The summed E-state index contributed by atoms with van der Waals surface area (Å²) in [5, 5.41) is 3.46. The number of esters is 1. The van der Waals surface area contributed by atoms with Gasteiger partial charge < -0.3 is 14.8 Å². The first-order valence-electron chi connectivity index (χ1n) is 5.17. The molecule has 0 amide bonds. The molecule has 0 bridgehead atoms. The summed E-state index contributed by atoms with van der Waals surface area (Å²) in [6.45, 7) is 2.92. The van der Waals surface area contributed by atoms with E-state index >= 15 is 0 Å². The summed E-state index contributed by atoms with van der Waals surface area (Å²) in [5.74, 6) is 0.540. The standard InChI is InChI=1S/C10H19NO3S/c1-7-9(4-5-14-7)15-6-8(11-2)10(12)13-3/h7-9,11H,4-6H2,1-3H3. The van der Waals surface area contributed by atoms with Crippen molar-refractivity contribution in [1.29, 1.82) is 0 Å². The quantitative estimate of drug-likeness (QED) is 0.707. The van der Waals surface area contributed by atoms with Crippen molar-refractivity contribution in [2.24, 2.45) is 0 Å². The Kier molecular flexibility index (Phi) is 5.42. The monoisotopic (exact) mass is 233 g/mol. The number of hydrogen-bond donors (Lipinski definition) is 1. The third kappa shape index (κ3) is 3.66. The number of nitrogens with one attached hydrogen (secondary N) is 1. The molecule has 0 spiro atoms. The molecule has 0 aliphatic carbocycles. The number of rotatable bonds is 5. The smallest absolute Gasteiger partial charge is 0.323 e. The molecule has 1 rings (SSSR count). The van der Waals surface area contributed by atoms with Crippen molar-refractivity contribution in [2.75, 3.05) is 26.5 Å². The van der Waals surface area contributed by atoms with E-state index < -0.39 is 0 Å². The number of carbonyl (C=O) groups is 1. The van der Waals surface area contributed by atoms with Crippen molar-refractivity contribution < 1.29 is 14.3 Å². The summed E-state index contributed by atoms with van der Waals surface area (Å²) < 4.78 is 10.2. The summed E-state index contributed by atoms with van der Waals surface area (Å²) in [4.78, 5) is 11.3. The van der Waals surface area contributed by atoms with Crippen LogP contribution in [0.2, 0.25) is 0 Å². The van der Waals surface area contributed by atoms with Gasteiger partial charge in [-0.25, -0.2) is 0 Å². The van der Waals surface area contributed by atoms with E-state index in [9.17, 15) is 4.79 Å². The normalized spacial score (nSPS) is 27.7. The molecule has 0 radical (unpaired) electrons. The molecular formula is C10H19NO3S. The third-order valence-corrected chi connectivity index (χ3v) is 4.19. The van der Waals surface area contributed by atoms with Crippen LogP contribution in [0.5, 0.6) is 0 Å². The van der Waals surface area contributed by atoms with Crippen molar-refractivity contribution >= 4 is 17.7 Å². The molecule has 1 fully saturated rings. The maximum Gasteiger partial charge on any atom is 0.323 e. The van der Waals surface area contributed by atoms with Crippen LogP contribution in [0, 0.1) is 0 Å². The molecule has 0 saturated carbocycles. The Labute approximate surface area is 95.1 Å². The maximum absolute atomic E-state index is 11.3. The zero-order chi connectivity index (χ0) is 11.3. The van der Waals surface area contributed by atoms with Crippen LogP contribution in [0.15, 0.2) is 0 Å². The topological polar surface area (TPSA) is 47.6 Å². The minimum atomic E-state index is -0.215. The van der Waals surface area contributed by atoms with E-state index in [-0.39, 0.29) is 12.0 Å². The molecule has 0 aromatic carbocycles. The molecule has 3 atom stereocenters. The number of thioether (sulfide) groups is 1. The highest BCUT2D eigenvalue weighted by Crippen LogP contribution is 2.26. The van der Waals surface area contributed by atoms with E-state index in [1.807, 2.05) is 0 Å². The fraction of sp³-hybridized carbons (Fsp3) is 0.900. The van der Waals surface area contributed by atoms with Crippen molar-refractivity contribution in [1.82, 2.24) is 5.32 Å². The lowest BCUT2D eigenvalue weighted by Crippen LogP contribution is -2.38. The van der Waals surface area contributed by atoms with Gasteiger partial charge in [-0.3, -0.25) is 4.79 Å². The summed E-state index contributed by atoms with van der Waals surface area (Å²) in [6.07, 6.45) is 1.37. The van der Waals surface area contributed by atoms with Crippen LogP contribution in [0.25, 0.3) is 0 Å². The van der Waals surface area contributed by atoms with Gasteiger partial charge in [-0.2, -0.15) is 11.8 Å². The minimum absolute atomic E-state index is 0.198. The summed E-state index contributed by atoms with van der Waals surface area (Å²) >= 11 is 1.78. The molecule has 88 valence electrons. The first kappa shape index (κ1) is 12.8. The van der Waals surface area contributed by atoms with E-state index in [1.54, 1.807) is 18.8 Å². The molecule has 1 aliphatic heterocycles. The van der Waals surface area contributed by atoms with Gasteiger partial charge in [0, 0.05) is 17.6 Å². The lowest BCUT2D eigenvalue weighted by atomic mass is 10.3. The van der Waals surface area contributed by atoms with Crippen LogP contribution in [0.1, 0.15) is 13.3 Å². The van der Waals surface area contributed by atoms with Gasteiger partial charge in [-0.15, -0.1) is 0 Å². The van der Waals surface area contributed by atoms with Crippen LogP contribution in [-0.4, -0.2) is 49.9 Å². The van der Waals surface area contributed by atoms with Gasteiger partial charge in [-0.1, -0.05) is 0 Å². The highest BCUT2D eigenvalue weighted by Gasteiger charge is 2.27. The largest absolute Gasteiger partial charge is 0.468 e. The number of likely N-dealkylation sites (N-methyl/N-ethyl adjacent to an activating group) is 1. The Morgan fingerprint density at radius 3 is 2.93 bits per heavy atom. The molecule has 1 saturated heterocycles. The Bertz CT molecular complexity index is 213. The molecule has 3 unspecified atom stereocenters. The molecule has 0 aromatic heterocycles. The van der Waals surface area contributed by atoms with Gasteiger partial charge in [-0.05, 0) is 20.4 Å². The zero-order valence-electron chi connectivity index (χ0n) is 9.49. The summed E-state index contributed by atoms with van der Waals surface area (Å²) in [6, 6.07) is -0.215. The first-order valence-corrected chi connectivity index (χ1v) is 6.22. The van der Waals surface area contributed by atoms with Crippen molar-refractivity contribution in [3.63, 3.8) is 0 Å². The Hall–Kier alpha value is -0.260. The van der Waals surface area contributed by atoms with Crippen LogP contribution in [0.3, 0.4) is 0 Å².